The van der Waals surface area contributed by atoms with Crippen LogP contribution in [0.4, 0.5) is 0 Å². The van der Waals surface area contributed by atoms with E-state index in [-0.39, 0.29) is 5.97 Å². The second kappa shape index (κ2) is 12.3. The van der Waals surface area contributed by atoms with Crippen molar-refractivity contribution >= 4 is 5.97 Å². The largest absolute Gasteiger partial charge is 0.462 e. The van der Waals surface area contributed by atoms with Crippen molar-refractivity contribution in [3.05, 3.63) is 60.2 Å². The molecule has 26 heavy (non-hydrogen) atoms. The van der Waals surface area contributed by atoms with Gasteiger partial charge in [0.1, 0.15) is 0 Å². The fourth-order valence-corrected chi connectivity index (χ4v) is 3.09. The number of hydrogen-bond donors (Lipinski definition) is 0. The number of carbonyl (C=O) groups excluding carboxylic acids is 1. The van der Waals surface area contributed by atoms with Crippen LogP contribution in [-0.2, 0) is 4.74 Å². The third kappa shape index (κ3) is 7.43. The van der Waals surface area contributed by atoms with Crippen molar-refractivity contribution in [1.82, 2.24) is 0 Å². The molecule has 0 aliphatic rings. The van der Waals surface area contributed by atoms with Gasteiger partial charge in [-0.25, -0.2) is 4.79 Å². The lowest BCUT2D eigenvalue weighted by atomic mass is 10.0. The van der Waals surface area contributed by atoms with Gasteiger partial charge in [-0.05, 0) is 29.7 Å². The molecule has 2 rings (SSSR count). The van der Waals surface area contributed by atoms with Crippen molar-refractivity contribution in [2.24, 2.45) is 0 Å². The van der Waals surface area contributed by atoms with Crippen LogP contribution in [0.5, 0.6) is 0 Å². The van der Waals surface area contributed by atoms with Gasteiger partial charge in [0.25, 0.3) is 0 Å². The third-order valence-electron chi connectivity index (χ3n) is 4.71. The van der Waals surface area contributed by atoms with Gasteiger partial charge in [0.2, 0.25) is 0 Å². The molecule has 0 aliphatic heterocycles. The Morgan fingerprint density at radius 1 is 0.692 bits per heavy atom. The topological polar surface area (TPSA) is 26.3 Å². The lowest BCUT2D eigenvalue weighted by molar-refractivity contribution is 0.0497. The molecule has 0 aliphatic carbocycles. The summed E-state index contributed by atoms with van der Waals surface area (Å²) in [6.45, 7) is 2.77. The molecule has 0 fully saturated rings. The number of carbonyl (C=O) groups is 1. The second-order valence-electron chi connectivity index (χ2n) is 6.91. The highest BCUT2D eigenvalue weighted by Gasteiger charge is 2.07. The Morgan fingerprint density at radius 3 is 1.85 bits per heavy atom. The lowest BCUT2D eigenvalue weighted by Crippen LogP contribution is -2.06. The van der Waals surface area contributed by atoms with Crippen LogP contribution in [0.1, 0.15) is 75.1 Å². The van der Waals surface area contributed by atoms with E-state index in [0.29, 0.717) is 12.2 Å². The summed E-state index contributed by atoms with van der Waals surface area (Å²) in [4.78, 5) is 12.1. The first-order valence-electron chi connectivity index (χ1n) is 10.1. The molecule has 0 spiro atoms. The summed E-state index contributed by atoms with van der Waals surface area (Å²) in [6.07, 6.45) is 11.4. The van der Waals surface area contributed by atoms with E-state index in [1.165, 1.54) is 44.9 Å². The smallest absolute Gasteiger partial charge is 0.338 e. The first-order valence-corrected chi connectivity index (χ1v) is 10.1. The highest BCUT2D eigenvalue weighted by molar-refractivity contribution is 5.90. The Hall–Kier alpha value is -2.09. The van der Waals surface area contributed by atoms with Gasteiger partial charge in [0.15, 0.2) is 0 Å². The highest BCUT2D eigenvalue weighted by atomic mass is 16.5. The number of ether oxygens (including phenoxy) is 1. The number of benzene rings is 2. The summed E-state index contributed by atoms with van der Waals surface area (Å²) in [5.41, 5.74) is 2.89. The third-order valence-corrected chi connectivity index (χ3v) is 4.71. The van der Waals surface area contributed by atoms with Crippen molar-refractivity contribution in [2.75, 3.05) is 6.61 Å². The molecule has 0 radical (unpaired) electrons. The molecule has 140 valence electrons. The van der Waals surface area contributed by atoms with Crippen LogP contribution in [0.3, 0.4) is 0 Å². The molecule has 0 atom stereocenters. The van der Waals surface area contributed by atoms with Crippen LogP contribution >= 0.6 is 0 Å². The molecule has 0 saturated heterocycles. The predicted molar refractivity (Wildman–Crippen MR) is 109 cm³/mol. The van der Waals surface area contributed by atoms with Gasteiger partial charge in [0.05, 0.1) is 12.2 Å². The molecule has 0 aromatic heterocycles. The quantitative estimate of drug-likeness (QED) is 0.302. The van der Waals surface area contributed by atoms with Gasteiger partial charge in [-0.2, -0.15) is 0 Å². The van der Waals surface area contributed by atoms with Crippen molar-refractivity contribution in [3.8, 4) is 11.1 Å². The van der Waals surface area contributed by atoms with Crippen LogP contribution in [0, 0.1) is 0 Å². The van der Waals surface area contributed by atoms with E-state index in [0.717, 1.165) is 24.0 Å². The van der Waals surface area contributed by atoms with E-state index in [9.17, 15) is 4.79 Å². The average Bonchev–Trinajstić information content (AvgIpc) is 2.70. The Balaban J connectivity index is 1.60. The van der Waals surface area contributed by atoms with Crippen LogP contribution in [-0.4, -0.2) is 12.6 Å². The molecule has 2 nitrogen and oxygen atoms in total. The maximum absolute atomic E-state index is 12.1. The summed E-state index contributed by atoms with van der Waals surface area (Å²) in [7, 11) is 0. The van der Waals surface area contributed by atoms with Crippen LogP contribution in [0.25, 0.3) is 11.1 Å². The molecule has 2 heteroatoms. The number of rotatable bonds is 12. The van der Waals surface area contributed by atoms with Crippen LogP contribution in [0.2, 0.25) is 0 Å². The maximum Gasteiger partial charge on any atom is 0.338 e. The Morgan fingerprint density at radius 2 is 1.23 bits per heavy atom. The highest BCUT2D eigenvalue weighted by Crippen LogP contribution is 2.19. The molecule has 0 bridgehead atoms. The molecule has 0 heterocycles. The average molecular weight is 353 g/mol. The molecule has 0 saturated carbocycles. The minimum Gasteiger partial charge on any atom is -0.462 e. The Kier molecular flexibility index (Phi) is 9.56. The summed E-state index contributed by atoms with van der Waals surface area (Å²) >= 11 is 0. The monoisotopic (exact) mass is 352 g/mol. The van der Waals surface area contributed by atoms with Crippen molar-refractivity contribution in [2.45, 2.75) is 64.7 Å². The van der Waals surface area contributed by atoms with Crippen molar-refractivity contribution in [3.63, 3.8) is 0 Å². The summed E-state index contributed by atoms with van der Waals surface area (Å²) in [5, 5.41) is 0. The molecular weight excluding hydrogens is 320 g/mol. The first kappa shape index (κ1) is 20.2. The van der Waals surface area contributed by atoms with Gasteiger partial charge < -0.3 is 4.74 Å². The maximum atomic E-state index is 12.1. The van der Waals surface area contributed by atoms with Gasteiger partial charge in [-0.3, -0.25) is 0 Å². The van der Waals surface area contributed by atoms with Gasteiger partial charge in [-0.15, -0.1) is 0 Å². The summed E-state index contributed by atoms with van der Waals surface area (Å²) in [5.74, 6) is -0.218. The van der Waals surface area contributed by atoms with E-state index in [2.05, 4.69) is 19.1 Å². The van der Waals surface area contributed by atoms with E-state index in [1.54, 1.807) is 0 Å². The number of unbranched alkanes of at least 4 members (excludes halogenated alkanes) is 8. The summed E-state index contributed by atoms with van der Waals surface area (Å²) < 4.78 is 5.39. The minimum absolute atomic E-state index is 0.218. The zero-order valence-electron chi connectivity index (χ0n) is 16.1. The number of hydrogen-bond acceptors (Lipinski definition) is 2. The van der Waals surface area contributed by atoms with Gasteiger partial charge >= 0.3 is 5.97 Å². The van der Waals surface area contributed by atoms with Gasteiger partial charge in [0, 0.05) is 0 Å². The van der Waals surface area contributed by atoms with E-state index in [4.69, 9.17) is 4.74 Å². The van der Waals surface area contributed by atoms with Crippen molar-refractivity contribution < 1.29 is 9.53 Å². The molecule has 2 aromatic rings. The van der Waals surface area contributed by atoms with E-state index < -0.39 is 0 Å². The normalized spacial score (nSPS) is 10.7. The zero-order chi connectivity index (χ0) is 18.5. The van der Waals surface area contributed by atoms with E-state index in [1.807, 2.05) is 42.5 Å². The Bertz CT molecular complexity index is 616. The van der Waals surface area contributed by atoms with Gasteiger partial charge in [-0.1, -0.05) is 101 Å². The first-order chi connectivity index (χ1) is 12.8. The fourth-order valence-electron chi connectivity index (χ4n) is 3.09. The standard InChI is InChI=1S/C24H32O2/c1-2-3-4-5-6-7-8-9-13-20-26-24(25)23-18-16-22(17-19-23)21-14-11-10-12-15-21/h10-12,14-19H,2-9,13,20H2,1H3. The number of esters is 1. The Labute approximate surface area is 158 Å². The summed E-state index contributed by atoms with van der Waals surface area (Å²) in [6, 6.07) is 17.8. The predicted octanol–water partition coefficient (Wildman–Crippen LogP) is 7.04. The fraction of sp³-hybridized carbons (Fsp3) is 0.458. The molecule has 0 unspecified atom stereocenters. The van der Waals surface area contributed by atoms with Crippen LogP contribution in [0.15, 0.2) is 54.6 Å². The zero-order valence-corrected chi connectivity index (χ0v) is 16.1. The minimum atomic E-state index is -0.218. The molecule has 0 amide bonds. The molecule has 0 N–H and O–H groups in total. The lowest BCUT2D eigenvalue weighted by Gasteiger charge is -2.06. The van der Waals surface area contributed by atoms with E-state index >= 15 is 0 Å². The SMILES string of the molecule is CCCCCCCCCCCOC(=O)c1ccc(-c2ccccc2)cc1. The molecular formula is C24H32O2. The molecule has 2 aromatic carbocycles. The second-order valence-corrected chi connectivity index (χ2v) is 6.91. The van der Waals surface area contributed by atoms with Crippen LogP contribution < -0.4 is 0 Å². The van der Waals surface area contributed by atoms with Crippen molar-refractivity contribution in [1.29, 1.82) is 0 Å².